The highest BCUT2D eigenvalue weighted by atomic mass is 16.1. The van der Waals surface area contributed by atoms with Crippen LogP contribution >= 0.6 is 0 Å². The predicted octanol–water partition coefficient (Wildman–Crippen LogP) is 1.51. The Labute approximate surface area is 81.8 Å². The molecule has 0 heterocycles. The van der Waals surface area contributed by atoms with Gasteiger partial charge in [0.1, 0.15) is 5.54 Å². The lowest BCUT2D eigenvalue weighted by atomic mass is 9.81. The van der Waals surface area contributed by atoms with E-state index in [1.54, 1.807) is 19.1 Å². The zero-order valence-corrected chi connectivity index (χ0v) is 8.02. The van der Waals surface area contributed by atoms with Crippen molar-refractivity contribution in [3.05, 3.63) is 23.9 Å². The highest BCUT2D eigenvalue weighted by Gasteiger charge is 2.35. The van der Waals surface area contributed by atoms with Crippen LogP contribution < -0.4 is 0 Å². The Morgan fingerprint density at radius 3 is 2.71 bits per heavy atom. The molecular formula is C10H10N2O2. The molecule has 0 saturated carbocycles. The fourth-order valence-corrected chi connectivity index (χ4v) is 1.36. The van der Waals surface area contributed by atoms with Crippen molar-refractivity contribution in [2.75, 3.05) is 0 Å². The third-order valence-corrected chi connectivity index (χ3v) is 2.50. The molecule has 1 aliphatic carbocycles. The molecule has 0 bridgehead atoms. The van der Waals surface area contributed by atoms with Crippen LogP contribution in [0.15, 0.2) is 33.9 Å². The van der Waals surface area contributed by atoms with Gasteiger partial charge in [-0.3, -0.25) is 0 Å². The first-order valence-corrected chi connectivity index (χ1v) is 4.21. The van der Waals surface area contributed by atoms with Crippen molar-refractivity contribution in [3.8, 4) is 0 Å². The maximum atomic E-state index is 10.3. The Morgan fingerprint density at radius 2 is 2.14 bits per heavy atom. The van der Waals surface area contributed by atoms with E-state index >= 15 is 0 Å². The van der Waals surface area contributed by atoms with Crippen molar-refractivity contribution < 1.29 is 9.59 Å². The summed E-state index contributed by atoms with van der Waals surface area (Å²) in [4.78, 5) is 27.7. The fourth-order valence-electron chi connectivity index (χ4n) is 1.36. The molecule has 2 atom stereocenters. The molecule has 0 amide bonds. The van der Waals surface area contributed by atoms with Gasteiger partial charge < -0.3 is 0 Å². The number of aliphatic imine (C=N–C) groups is 2. The summed E-state index contributed by atoms with van der Waals surface area (Å²) in [6.07, 6.45) is 8.28. The maximum absolute atomic E-state index is 10.3. The van der Waals surface area contributed by atoms with Gasteiger partial charge in [-0.15, -0.1) is 0 Å². The first-order valence-electron chi connectivity index (χ1n) is 4.21. The molecule has 4 heteroatoms. The SMILES string of the molecule is CC1C=CC=C(N=C=O)C1(C)N=C=O. The molecule has 4 nitrogen and oxygen atoms in total. The van der Waals surface area contributed by atoms with Crippen molar-refractivity contribution in [1.82, 2.24) is 0 Å². The van der Waals surface area contributed by atoms with E-state index in [0.717, 1.165) is 0 Å². The zero-order valence-electron chi connectivity index (χ0n) is 8.02. The summed E-state index contributed by atoms with van der Waals surface area (Å²) in [7, 11) is 0. The predicted molar refractivity (Wildman–Crippen MR) is 51.0 cm³/mol. The third kappa shape index (κ3) is 1.62. The number of hydrogen-bond donors (Lipinski definition) is 0. The summed E-state index contributed by atoms with van der Waals surface area (Å²) in [5, 5.41) is 0. The lowest BCUT2D eigenvalue weighted by Gasteiger charge is -2.30. The van der Waals surface area contributed by atoms with Gasteiger partial charge in [-0.05, 0) is 13.0 Å². The van der Waals surface area contributed by atoms with E-state index in [2.05, 4.69) is 9.98 Å². The lowest BCUT2D eigenvalue weighted by Crippen LogP contribution is -2.33. The molecule has 0 spiro atoms. The van der Waals surface area contributed by atoms with E-state index in [-0.39, 0.29) is 5.92 Å². The van der Waals surface area contributed by atoms with E-state index in [1.807, 2.05) is 13.0 Å². The molecule has 0 aromatic heterocycles. The van der Waals surface area contributed by atoms with Crippen LogP contribution in [0, 0.1) is 5.92 Å². The summed E-state index contributed by atoms with van der Waals surface area (Å²) in [5.74, 6) is 0.000972. The third-order valence-electron chi connectivity index (χ3n) is 2.50. The molecule has 14 heavy (non-hydrogen) atoms. The van der Waals surface area contributed by atoms with E-state index in [9.17, 15) is 9.59 Å². The second kappa shape index (κ2) is 3.97. The maximum Gasteiger partial charge on any atom is 0.240 e. The molecular weight excluding hydrogens is 180 g/mol. The van der Waals surface area contributed by atoms with Crippen LogP contribution in [0.2, 0.25) is 0 Å². The van der Waals surface area contributed by atoms with Gasteiger partial charge in [-0.25, -0.2) is 9.59 Å². The van der Waals surface area contributed by atoms with Crippen molar-refractivity contribution in [2.24, 2.45) is 15.9 Å². The largest absolute Gasteiger partial charge is 0.240 e. The number of carbonyl (C=O) groups excluding carboxylic acids is 2. The van der Waals surface area contributed by atoms with Crippen LogP contribution in [0.25, 0.3) is 0 Å². The first kappa shape index (κ1) is 10.3. The van der Waals surface area contributed by atoms with Crippen LogP contribution in [0.4, 0.5) is 0 Å². The molecule has 2 unspecified atom stereocenters. The van der Waals surface area contributed by atoms with E-state index in [4.69, 9.17) is 0 Å². The Hall–Kier alpha value is -1.76. The average molecular weight is 190 g/mol. The van der Waals surface area contributed by atoms with Gasteiger partial charge in [0.05, 0.1) is 5.70 Å². The van der Waals surface area contributed by atoms with Crippen molar-refractivity contribution >= 4 is 12.2 Å². The minimum atomic E-state index is -0.798. The number of hydrogen-bond acceptors (Lipinski definition) is 4. The molecule has 1 rings (SSSR count). The first-order chi connectivity index (χ1) is 6.65. The zero-order chi connectivity index (χ0) is 10.6. The standard InChI is InChI=1S/C10H10N2O2/c1-8-4-3-5-9(11-6-13)10(8,2)12-7-14/h3-5,8H,1-2H3. The Bertz CT molecular complexity index is 385. The summed E-state index contributed by atoms with van der Waals surface area (Å²) in [5.41, 5.74) is -0.362. The van der Waals surface area contributed by atoms with Crippen molar-refractivity contribution in [2.45, 2.75) is 19.4 Å². The summed E-state index contributed by atoms with van der Waals surface area (Å²) >= 11 is 0. The van der Waals surface area contributed by atoms with Crippen LogP contribution in [0.1, 0.15) is 13.8 Å². The van der Waals surface area contributed by atoms with Gasteiger partial charge in [0.15, 0.2) is 0 Å². The van der Waals surface area contributed by atoms with Gasteiger partial charge >= 0.3 is 0 Å². The van der Waals surface area contributed by atoms with E-state index in [1.165, 1.54) is 12.2 Å². The fraction of sp³-hybridized carbons (Fsp3) is 0.400. The van der Waals surface area contributed by atoms with Crippen LogP contribution in [0.3, 0.4) is 0 Å². The second-order valence-electron chi connectivity index (χ2n) is 3.28. The van der Waals surface area contributed by atoms with Crippen molar-refractivity contribution in [1.29, 1.82) is 0 Å². The van der Waals surface area contributed by atoms with Gasteiger partial charge in [0.2, 0.25) is 12.2 Å². The lowest BCUT2D eigenvalue weighted by molar-refractivity contribution is 0.423. The Morgan fingerprint density at radius 1 is 1.43 bits per heavy atom. The second-order valence-corrected chi connectivity index (χ2v) is 3.28. The van der Waals surface area contributed by atoms with Crippen LogP contribution in [-0.4, -0.2) is 17.7 Å². The molecule has 0 fully saturated rings. The van der Waals surface area contributed by atoms with Crippen LogP contribution in [0.5, 0.6) is 0 Å². The Kier molecular flexibility index (Phi) is 2.92. The number of isocyanates is 2. The number of allylic oxidation sites excluding steroid dienone is 2. The highest BCUT2D eigenvalue weighted by molar-refractivity contribution is 5.46. The molecule has 0 aliphatic heterocycles. The summed E-state index contributed by atoms with van der Waals surface area (Å²) in [6.45, 7) is 3.63. The van der Waals surface area contributed by atoms with Gasteiger partial charge in [-0.1, -0.05) is 19.1 Å². The number of rotatable bonds is 2. The van der Waals surface area contributed by atoms with Gasteiger partial charge in [-0.2, -0.15) is 9.98 Å². The molecule has 0 aromatic rings. The number of nitrogens with zero attached hydrogens (tertiary/aromatic N) is 2. The summed E-state index contributed by atoms with van der Waals surface area (Å²) < 4.78 is 0. The minimum Gasteiger partial charge on any atom is -0.211 e. The van der Waals surface area contributed by atoms with Crippen molar-refractivity contribution in [3.63, 3.8) is 0 Å². The molecule has 1 aliphatic rings. The topological polar surface area (TPSA) is 58.9 Å². The normalized spacial score (nSPS) is 29.9. The van der Waals surface area contributed by atoms with E-state index in [0.29, 0.717) is 5.70 Å². The quantitative estimate of drug-likeness (QED) is 0.489. The molecule has 72 valence electrons. The molecule has 0 saturated heterocycles. The van der Waals surface area contributed by atoms with Gasteiger partial charge in [0, 0.05) is 5.92 Å². The minimum absolute atomic E-state index is 0.000972. The smallest absolute Gasteiger partial charge is 0.211 e. The Balaban J connectivity index is 3.23. The highest BCUT2D eigenvalue weighted by Crippen LogP contribution is 2.34. The van der Waals surface area contributed by atoms with Crippen LogP contribution in [-0.2, 0) is 9.59 Å². The molecule has 0 radical (unpaired) electrons. The molecule has 0 aromatic carbocycles. The average Bonchev–Trinajstić information content (AvgIpc) is 2.14. The van der Waals surface area contributed by atoms with E-state index < -0.39 is 5.54 Å². The molecule has 0 N–H and O–H groups in total. The summed E-state index contributed by atoms with van der Waals surface area (Å²) in [6, 6.07) is 0. The monoisotopic (exact) mass is 190 g/mol. The van der Waals surface area contributed by atoms with Gasteiger partial charge in [0.25, 0.3) is 0 Å².